The molecule has 0 aliphatic rings. The maximum atomic E-state index is 12.8. The molecular weight excluding hydrogens is 291 g/mol. The second-order valence-electron chi connectivity index (χ2n) is 4.09. The SMILES string of the molecule is CCCCOc1ccc(C(=N[S+](C)[O-])C(F)(F)F)cc1. The van der Waals surface area contributed by atoms with Crippen LogP contribution in [0.1, 0.15) is 25.3 Å². The average Bonchev–Trinajstić information content (AvgIpc) is 2.36. The molecule has 0 saturated carbocycles. The summed E-state index contributed by atoms with van der Waals surface area (Å²) >= 11 is -1.92. The Bertz CT molecular complexity index is 444. The fraction of sp³-hybridized carbons (Fsp3) is 0.462. The van der Waals surface area contributed by atoms with E-state index in [4.69, 9.17) is 4.74 Å². The Morgan fingerprint density at radius 2 is 1.90 bits per heavy atom. The summed E-state index contributed by atoms with van der Waals surface area (Å²) in [5, 5.41) is 0. The van der Waals surface area contributed by atoms with Gasteiger partial charge in [-0.3, -0.25) is 0 Å². The van der Waals surface area contributed by atoms with Crippen LogP contribution >= 0.6 is 0 Å². The molecule has 7 heteroatoms. The van der Waals surface area contributed by atoms with Gasteiger partial charge in [-0.05, 0) is 30.7 Å². The van der Waals surface area contributed by atoms with E-state index in [1.54, 1.807) is 0 Å². The molecule has 112 valence electrons. The fourth-order valence-electron chi connectivity index (χ4n) is 1.44. The van der Waals surface area contributed by atoms with E-state index in [1.165, 1.54) is 24.3 Å². The van der Waals surface area contributed by atoms with E-state index in [2.05, 4.69) is 4.40 Å². The van der Waals surface area contributed by atoms with Gasteiger partial charge in [0, 0.05) is 5.56 Å². The first-order chi connectivity index (χ1) is 9.34. The third-order valence-electron chi connectivity index (χ3n) is 2.38. The molecule has 1 atom stereocenters. The topological polar surface area (TPSA) is 44.6 Å². The molecule has 0 bridgehead atoms. The van der Waals surface area contributed by atoms with Crippen molar-refractivity contribution in [1.29, 1.82) is 0 Å². The maximum Gasteiger partial charge on any atom is 0.438 e. The number of benzene rings is 1. The minimum absolute atomic E-state index is 0.129. The van der Waals surface area contributed by atoms with E-state index in [1.807, 2.05) is 6.92 Å². The summed E-state index contributed by atoms with van der Waals surface area (Å²) in [5.41, 5.74) is -1.27. The van der Waals surface area contributed by atoms with Crippen molar-refractivity contribution < 1.29 is 22.5 Å². The van der Waals surface area contributed by atoms with Crippen molar-refractivity contribution in [2.45, 2.75) is 25.9 Å². The molecular formula is C13H16F3NO2S. The van der Waals surface area contributed by atoms with Gasteiger partial charge in [0.15, 0.2) is 0 Å². The van der Waals surface area contributed by atoms with E-state index in [-0.39, 0.29) is 5.56 Å². The molecule has 0 saturated heterocycles. The Balaban J connectivity index is 2.89. The summed E-state index contributed by atoms with van der Waals surface area (Å²) in [6.45, 7) is 2.54. The number of hydrogen-bond acceptors (Lipinski definition) is 3. The highest BCUT2D eigenvalue weighted by molar-refractivity contribution is 7.89. The first-order valence-corrected chi connectivity index (χ1v) is 7.58. The van der Waals surface area contributed by atoms with E-state index < -0.39 is 23.2 Å². The fourth-order valence-corrected chi connectivity index (χ4v) is 1.91. The molecule has 0 heterocycles. The van der Waals surface area contributed by atoms with E-state index in [0.29, 0.717) is 12.4 Å². The van der Waals surface area contributed by atoms with Crippen molar-refractivity contribution in [3.63, 3.8) is 0 Å². The van der Waals surface area contributed by atoms with Crippen LogP contribution in [0.2, 0.25) is 0 Å². The van der Waals surface area contributed by atoms with Crippen molar-refractivity contribution in [2.75, 3.05) is 12.9 Å². The molecule has 0 aromatic heterocycles. The van der Waals surface area contributed by atoms with Crippen LogP contribution in [0.25, 0.3) is 0 Å². The van der Waals surface area contributed by atoms with Gasteiger partial charge in [-0.15, -0.1) is 0 Å². The average molecular weight is 307 g/mol. The van der Waals surface area contributed by atoms with Gasteiger partial charge in [0.25, 0.3) is 0 Å². The largest absolute Gasteiger partial charge is 0.591 e. The summed E-state index contributed by atoms with van der Waals surface area (Å²) in [7, 11) is 0. The molecule has 1 rings (SSSR count). The molecule has 20 heavy (non-hydrogen) atoms. The van der Waals surface area contributed by atoms with Gasteiger partial charge >= 0.3 is 6.18 Å². The molecule has 1 unspecified atom stereocenters. The van der Waals surface area contributed by atoms with Gasteiger partial charge < -0.3 is 9.29 Å². The van der Waals surface area contributed by atoms with Crippen LogP contribution < -0.4 is 4.74 Å². The van der Waals surface area contributed by atoms with Crippen molar-refractivity contribution in [1.82, 2.24) is 0 Å². The molecule has 0 fully saturated rings. The van der Waals surface area contributed by atoms with Gasteiger partial charge in [0.2, 0.25) is 5.71 Å². The van der Waals surface area contributed by atoms with Gasteiger partial charge in [-0.2, -0.15) is 13.2 Å². The van der Waals surface area contributed by atoms with Gasteiger partial charge in [-0.1, -0.05) is 17.7 Å². The van der Waals surface area contributed by atoms with Crippen LogP contribution in [0.3, 0.4) is 0 Å². The van der Waals surface area contributed by atoms with Crippen LogP contribution in [-0.2, 0) is 11.4 Å². The number of ether oxygens (including phenoxy) is 1. The second-order valence-corrected chi connectivity index (χ2v) is 5.12. The number of rotatable bonds is 6. The molecule has 0 aliphatic heterocycles. The van der Waals surface area contributed by atoms with Crippen LogP contribution in [0.5, 0.6) is 5.75 Å². The lowest BCUT2D eigenvalue weighted by atomic mass is 10.1. The Labute approximate surface area is 119 Å². The lowest BCUT2D eigenvalue weighted by molar-refractivity contribution is -0.0578. The molecule has 3 nitrogen and oxygen atoms in total. The van der Waals surface area contributed by atoms with E-state index in [9.17, 15) is 17.7 Å². The number of hydrogen-bond donors (Lipinski definition) is 0. The standard InChI is InChI=1S/C13H16F3NO2S/c1-3-4-9-19-11-7-5-10(6-8-11)12(13(14,15)16)17-20(2)18/h5-8H,3-4,9H2,1-2H3. The van der Waals surface area contributed by atoms with Gasteiger partial charge in [0.1, 0.15) is 12.0 Å². The van der Waals surface area contributed by atoms with Crippen molar-refractivity contribution in [3.8, 4) is 5.75 Å². The predicted molar refractivity (Wildman–Crippen MR) is 73.5 cm³/mol. The zero-order chi connectivity index (χ0) is 15.2. The summed E-state index contributed by atoms with van der Waals surface area (Å²) in [6.07, 6.45) is -1.69. The Kier molecular flexibility index (Phi) is 6.35. The summed E-state index contributed by atoms with van der Waals surface area (Å²) in [5.74, 6) is 0.501. The molecule has 0 spiro atoms. The quantitative estimate of drug-likeness (QED) is 0.458. The molecule has 0 radical (unpaired) electrons. The number of unbranched alkanes of at least 4 members (excludes halogenated alkanes) is 1. The first-order valence-electron chi connectivity index (χ1n) is 6.07. The van der Waals surface area contributed by atoms with Crippen molar-refractivity contribution in [3.05, 3.63) is 29.8 Å². The van der Waals surface area contributed by atoms with Crippen LogP contribution in [0.4, 0.5) is 13.2 Å². The normalized spacial score (nSPS) is 14.2. The zero-order valence-electron chi connectivity index (χ0n) is 11.2. The van der Waals surface area contributed by atoms with Crippen molar-refractivity contribution >= 4 is 17.1 Å². The van der Waals surface area contributed by atoms with Crippen LogP contribution in [0.15, 0.2) is 28.7 Å². The predicted octanol–water partition coefficient (Wildman–Crippen LogP) is 3.51. The Morgan fingerprint density at radius 3 is 2.35 bits per heavy atom. The van der Waals surface area contributed by atoms with Crippen LogP contribution in [-0.4, -0.2) is 29.3 Å². The third-order valence-corrected chi connectivity index (χ3v) is 2.82. The number of alkyl halides is 3. The second kappa shape index (κ2) is 7.54. The Morgan fingerprint density at radius 1 is 1.30 bits per heavy atom. The minimum Gasteiger partial charge on any atom is -0.591 e. The summed E-state index contributed by atoms with van der Waals surface area (Å²) < 4.78 is 57.9. The lowest BCUT2D eigenvalue weighted by Gasteiger charge is -2.11. The monoisotopic (exact) mass is 307 g/mol. The summed E-state index contributed by atoms with van der Waals surface area (Å²) in [6, 6.07) is 5.43. The third kappa shape index (κ3) is 5.42. The number of nitrogens with zero attached hydrogens (tertiary/aromatic N) is 1. The van der Waals surface area contributed by atoms with Gasteiger partial charge in [0.05, 0.1) is 18.0 Å². The molecule has 1 aromatic rings. The molecule has 0 N–H and O–H groups in total. The maximum absolute atomic E-state index is 12.8. The van der Waals surface area contributed by atoms with Crippen molar-refractivity contribution in [2.24, 2.45) is 4.40 Å². The lowest BCUT2D eigenvalue weighted by Crippen LogP contribution is -2.25. The summed E-state index contributed by atoms with van der Waals surface area (Å²) in [4.78, 5) is 0. The smallest absolute Gasteiger partial charge is 0.438 e. The zero-order valence-corrected chi connectivity index (χ0v) is 12.1. The minimum atomic E-state index is -4.64. The highest BCUT2D eigenvalue weighted by Crippen LogP contribution is 2.25. The molecule has 0 aliphatic carbocycles. The van der Waals surface area contributed by atoms with Crippen LogP contribution in [0, 0.1) is 0 Å². The number of halogens is 3. The van der Waals surface area contributed by atoms with E-state index in [0.717, 1.165) is 19.1 Å². The molecule has 0 amide bonds. The van der Waals surface area contributed by atoms with E-state index >= 15 is 0 Å². The highest BCUT2D eigenvalue weighted by Gasteiger charge is 2.39. The molecule has 1 aromatic carbocycles. The van der Waals surface area contributed by atoms with Gasteiger partial charge in [-0.25, -0.2) is 0 Å². The first kappa shape index (κ1) is 16.8. The highest BCUT2D eigenvalue weighted by atomic mass is 32.2. The Hall–Kier alpha value is -1.21.